The maximum Gasteiger partial charge on any atom is 0.453 e. The van der Waals surface area contributed by atoms with Crippen molar-refractivity contribution in [2.75, 3.05) is 18.0 Å². The number of alkyl halides is 3. The molecule has 1 N–H and O–H groups in total. The van der Waals surface area contributed by atoms with Gasteiger partial charge in [0.1, 0.15) is 0 Å². The first kappa shape index (κ1) is 16.5. The van der Waals surface area contributed by atoms with Crippen molar-refractivity contribution < 1.29 is 23.1 Å². The van der Waals surface area contributed by atoms with Crippen LogP contribution in [0.25, 0.3) is 5.65 Å². The van der Waals surface area contributed by atoms with Crippen molar-refractivity contribution in [2.45, 2.75) is 33.4 Å². The van der Waals surface area contributed by atoms with Crippen LogP contribution >= 0.6 is 0 Å². The highest BCUT2D eigenvalue weighted by Gasteiger charge is 2.42. The van der Waals surface area contributed by atoms with Crippen LogP contribution in [0.4, 0.5) is 19.0 Å². The number of aromatic nitrogens is 4. The number of fused-ring (bicyclic) bond motifs is 1. The van der Waals surface area contributed by atoms with E-state index in [-0.39, 0.29) is 12.2 Å². The van der Waals surface area contributed by atoms with Crippen LogP contribution in [0.1, 0.15) is 30.3 Å². The van der Waals surface area contributed by atoms with Gasteiger partial charge in [0.2, 0.25) is 0 Å². The minimum absolute atomic E-state index is 0.0452. The first-order valence-corrected chi connectivity index (χ1v) is 7.33. The van der Waals surface area contributed by atoms with Crippen LogP contribution in [-0.4, -0.2) is 44.0 Å². The lowest BCUT2D eigenvalue weighted by Gasteiger charge is -2.23. The van der Waals surface area contributed by atoms with Crippen LogP contribution in [0.15, 0.2) is 0 Å². The molecule has 1 fully saturated rings. The largest absolute Gasteiger partial charge is 0.481 e. The summed E-state index contributed by atoms with van der Waals surface area (Å²) in [6.07, 6.45) is -4.28. The average Bonchev–Trinajstić information content (AvgIpc) is 3.07. The molecule has 3 heterocycles. The van der Waals surface area contributed by atoms with E-state index in [1.54, 1.807) is 25.7 Å². The topological polar surface area (TPSA) is 83.6 Å². The number of rotatable bonds is 2. The van der Waals surface area contributed by atoms with Gasteiger partial charge in [0, 0.05) is 24.2 Å². The SMILES string of the molecule is Cc1c(N2CCC(C)(C(=O)O)C2)nn2c(C(F)(F)F)nnc2c1C. The second kappa shape index (κ2) is 5.05. The number of aliphatic carboxylic acids is 1. The van der Waals surface area contributed by atoms with Gasteiger partial charge in [0.15, 0.2) is 11.5 Å². The van der Waals surface area contributed by atoms with Crippen LogP contribution in [0.2, 0.25) is 0 Å². The van der Waals surface area contributed by atoms with Crippen molar-refractivity contribution >= 4 is 17.4 Å². The van der Waals surface area contributed by atoms with Gasteiger partial charge in [-0.15, -0.1) is 15.3 Å². The molecule has 0 spiro atoms. The lowest BCUT2D eigenvalue weighted by atomic mass is 9.90. The molecule has 0 radical (unpaired) electrons. The van der Waals surface area contributed by atoms with E-state index in [9.17, 15) is 23.1 Å². The zero-order valence-corrected chi connectivity index (χ0v) is 13.3. The van der Waals surface area contributed by atoms with E-state index < -0.39 is 23.4 Å². The molecule has 1 aliphatic rings. The summed E-state index contributed by atoms with van der Waals surface area (Å²) < 4.78 is 39.9. The molecular weight excluding hydrogens is 327 g/mol. The highest BCUT2D eigenvalue weighted by Crippen LogP contribution is 2.36. The van der Waals surface area contributed by atoms with Gasteiger partial charge in [-0.2, -0.15) is 17.7 Å². The van der Waals surface area contributed by atoms with E-state index in [1.165, 1.54) is 0 Å². The molecule has 1 saturated heterocycles. The Balaban J connectivity index is 2.12. The van der Waals surface area contributed by atoms with Gasteiger partial charge in [-0.3, -0.25) is 4.79 Å². The number of hydrogen-bond acceptors (Lipinski definition) is 5. The van der Waals surface area contributed by atoms with Gasteiger partial charge in [0.05, 0.1) is 5.41 Å². The van der Waals surface area contributed by atoms with Gasteiger partial charge in [-0.1, -0.05) is 0 Å². The Morgan fingerprint density at radius 2 is 1.92 bits per heavy atom. The summed E-state index contributed by atoms with van der Waals surface area (Å²) in [7, 11) is 0. The van der Waals surface area contributed by atoms with Crippen molar-refractivity contribution in [2.24, 2.45) is 5.41 Å². The van der Waals surface area contributed by atoms with Crippen LogP contribution in [0.5, 0.6) is 0 Å². The van der Waals surface area contributed by atoms with E-state index in [2.05, 4.69) is 15.3 Å². The van der Waals surface area contributed by atoms with Gasteiger partial charge in [-0.05, 0) is 27.2 Å². The predicted molar refractivity (Wildman–Crippen MR) is 77.8 cm³/mol. The fourth-order valence-electron chi connectivity index (χ4n) is 2.91. The normalized spacial score (nSPS) is 21.7. The average molecular weight is 343 g/mol. The van der Waals surface area contributed by atoms with E-state index >= 15 is 0 Å². The Morgan fingerprint density at radius 3 is 2.46 bits per heavy atom. The molecule has 1 atom stereocenters. The van der Waals surface area contributed by atoms with E-state index in [1.807, 2.05) is 0 Å². The van der Waals surface area contributed by atoms with Crippen molar-refractivity contribution in [3.63, 3.8) is 0 Å². The second-order valence-electron chi connectivity index (χ2n) is 6.37. The fourth-order valence-corrected chi connectivity index (χ4v) is 2.91. The molecule has 1 unspecified atom stereocenters. The molecule has 10 heteroatoms. The van der Waals surface area contributed by atoms with Crippen LogP contribution in [-0.2, 0) is 11.0 Å². The van der Waals surface area contributed by atoms with E-state index in [0.717, 1.165) is 0 Å². The van der Waals surface area contributed by atoms with Crippen LogP contribution in [0, 0.1) is 19.3 Å². The number of anilines is 1. The summed E-state index contributed by atoms with van der Waals surface area (Å²) in [4.78, 5) is 13.1. The van der Waals surface area contributed by atoms with Crippen molar-refractivity contribution in [3.05, 3.63) is 17.0 Å². The Hall–Kier alpha value is -2.39. The molecule has 0 aromatic carbocycles. The van der Waals surface area contributed by atoms with Gasteiger partial charge in [-0.25, -0.2) is 0 Å². The van der Waals surface area contributed by atoms with Crippen LogP contribution < -0.4 is 4.90 Å². The number of carbonyl (C=O) groups is 1. The monoisotopic (exact) mass is 343 g/mol. The smallest absolute Gasteiger partial charge is 0.453 e. The van der Waals surface area contributed by atoms with Gasteiger partial charge in [0.25, 0.3) is 5.82 Å². The highest BCUT2D eigenvalue weighted by molar-refractivity contribution is 5.76. The van der Waals surface area contributed by atoms with Crippen molar-refractivity contribution in [1.29, 1.82) is 0 Å². The third-order valence-electron chi connectivity index (χ3n) is 4.61. The van der Waals surface area contributed by atoms with Gasteiger partial charge >= 0.3 is 12.1 Å². The Labute approximate surface area is 135 Å². The number of aryl methyl sites for hydroxylation is 1. The third-order valence-corrected chi connectivity index (χ3v) is 4.61. The first-order chi connectivity index (χ1) is 11.0. The molecule has 130 valence electrons. The number of carboxylic acid groups (broad SMARTS) is 1. The molecule has 0 bridgehead atoms. The van der Waals surface area contributed by atoms with Crippen molar-refractivity contribution in [3.8, 4) is 0 Å². The Morgan fingerprint density at radius 1 is 1.25 bits per heavy atom. The van der Waals surface area contributed by atoms with Crippen LogP contribution in [0.3, 0.4) is 0 Å². The lowest BCUT2D eigenvalue weighted by Crippen LogP contribution is -2.32. The molecule has 24 heavy (non-hydrogen) atoms. The molecule has 2 aromatic heterocycles. The molecule has 2 aromatic rings. The lowest BCUT2D eigenvalue weighted by molar-refractivity contribution is -0.147. The highest BCUT2D eigenvalue weighted by atomic mass is 19.4. The summed E-state index contributed by atoms with van der Waals surface area (Å²) >= 11 is 0. The van der Waals surface area contributed by atoms with Gasteiger partial charge < -0.3 is 10.0 Å². The van der Waals surface area contributed by atoms with E-state index in [4.69, 9.17) is 0 Å². The third kappa shape index (κ3) is 2.36. The molecule has 7 nitrogen and oxygen atoms in total. The molecule has 3 rings (SSSR count). The number of carboxylic acids is 1. The Bertz CT molecular complexity index is 832. The summed E-state index contributed by atoms with van der Waals surface area (Å²) in [6, 6.07) is 0. The molecule has 0 aliphatic carbocycles. The Kier molecular flexibility index (Phi) is 3.47. The minimum Gasteiger partial charge on any atom is -0.481 e. The standard InChI is InChI=1S/C14H16F3N5O2/c1-7-8(2)10(21-5-4-13(3,6-21)12(23)24)20-22-9(7)18-19-11(22)14(15,16)17/h4-6H2,1-3H3,(H,23,24). The number of halogens is 3. The predicted octanol–water partition coefficient (Wildman–Crippen LogP) is 2.06. The molecular formula is C14H16F3N5O2. The number of nitrogens with zero attached hydrogens (tertiary/aromatic N) is 5. The first-order valence-electron chi connectivity index (χ1n) is 7.33. The van der Waals surface area contributed by atoms with E-state index in [0.29, 0.717) is 34.4 Å². The summed E-state index contributed by atoms with van der Waals surface area (Å²) in [5.74, 6) is -1.79. The maximum absolute atomic E-state index is 13.1. The zero-order valence-electron chi connectivity index (χ0n) is 13.3. The summed E-state index contributed by atoms with van der Waals surface area (Å²) in [5, 5.41) is 20.2. The van der Waals surface area contributed by atoms with Crippen molar-refractivity contribution in [1.82, 2.24) is 19.8 Å². The fraction of sp³-hybridized carbons (Fsp3) is 0.571. The molecule has 0 amide bonds. The molecule has 0 saturated carbocycles. The maximum atomic E-state index is 13.1. The zero-order chi connectivity index (χ0) is 17.9. The summed E-state index contributed by atoms with van der Waals surface area (Å²) in [6.45, 7) is 5.60. The summed E-state index contributed by atoms with van der Waals surface area (Å²) in [5.41, 5.74) is 0.297. The quantitative estimate of drug-likeness (QED) is 0.899. The molecule has 1 aliphatic heterocycles. The second-order valence-corrected chi connectivity index (χ2v) is 6.37. The number of hydrogen-bond donors (Lipinski definition) is 1. The minimum atomic E-state index is -4.67.